The van der Waals surface area contributed by atoms with E-state index in [1.807, 2.05) is 0 Å². The summed E-state index contributed by atoms with van der Waals surface area (Å²) in [6, 6.07) is 5.76. The van der Waals surface area contributed by atoms with Gasteiger partial charge in [0.2, 0.25) is 0 Å². The van der Waals surface area contributed by atoms with Crippen LogP contribution in [0.3, 0.4) is 0 Å². The Morgan fingerprint density at radius 3 is 2.76 bits per heavy atom. The standard InChI is InChI=1S/C9H8BrN3O3S/c10-6-1-2-8(14)7(5-6)13-17(15,16)9-3-4-11-12-9/h1-5,13-14H,(H,11,12). The lowest BCUT2D eigenvalue weighted by molar-refractivity contribution is 0.477. The molecule has 2 rings (SSSR count). The lowest BCUT2D eigenvalue weighted by Gasteiger charge is -2.08. The number of H-pyrrole nitrogens is 1. The van der Waals surface area contributed by atoms with Crippen LogP contribution in [0.5, 0.6) is 5.75 Å². The average Bonchev–Trinajstić information content (AvgIpc) is 2.77. The van der Waals surface area contributed by atoms with E-state index in [2.05, 4.69) is 30.8 Å². The quantitative estimate of drug-likeness (QED) is 0.750. The van der Waals surface area contributed by atoms with Gasteiger partial charge < -0.3 is 5.11 Å². The van der Waals surface area contributed by atoms with Crippen molar-refractivity contribution in [3.8, 4) is 5.75 Å². The molecule has 1 aromatic carbocycles. The van der Waals surface area contributed by atoms with E-state index in [0.29, 0.717) is 4.47 Å². The topological polar surface area (TPSA) is 95.1 Å². The third-order valence-corrected chi connectivity index (χ3v) is 3.76. The molecule has 0 atom stereocenters. The highest BCUT2D eigenvalue weighted by Gasteiger charge is 2.17. The molecule has 0 unspecified atom stereocenters. The van der Waals surface area contributed by atoms with Crippen LogP contribution < -0.4 is 4.72 Å². The maximum Gasteiger partial charge on any atom is 0.278 e. The third-order valence-electron chi connectivity index (χ3n) is 1.97. The zero-order valence-corrected chi connectivity index (χ0v) is 10.8. The van der Waals surface area contributed by atoms with Gasteiger partial charge in [-0.3, -0.25) is 9.82 Å². The van der Waals surface area contributed by atoms with Crippen LogP contribution in [-0.2, 0) is 10.0 Å². The number of hydrogen-bond acceptors (Lipinski definition) is 4. The summed E-state index contributed by atoms with van der Waals surface area (Å²) in [5.41, 5.74) is 0.0916. The van der Waals surface area contributed by atoms with Gasteiger partial charge in [-0.15, -0.1) is 0 Å². The van der Waals surface area contributed by atoms with E-state index in [0.717, 1.165) is 0 Å². The Bertz CT molecular complexity index is 625. The molecule has 3 N–H and O–H groups in total. The van der Waals surface area contributed by atoms with Gasteiger partial charge in [-0.05, 0) is 24.3 Å². The highest BCUT2D eigenvalue weighted by Crippen LogP contribution is 2.28. The van der Waals surface area contributed by atoms with Crippen LogP contribution in [0.4, 0.5) is 5.69 Å². The predicted octanol–water partition coefficient (Wildman–Crippen LogP) is 1.68. The van der Waals surface area contributed by atoms with Crippen molar-refractivity contribution in [1.82, 2.24) is 10.2 Å². The Kier molecular flexibility index (Phi) is 3.07. The molecule has 0 saturated carbocycles. The summed E-state index contributed by atoms with van der Waals surface area (Å²) < 4.78 is 26.5. The SMILES string of the molecule is O=S(=O)(Nc1cc(Br)ccc1O)c1ccn[nH]1. The average molecular weight is 318 g/mol. The van der Waals surface area contributed by atoms with E-state index in [-0.39, 0.29) is 16.5 Å². The first kappa shape index (κ1) is 11.9. The molecule has 0 bridgehead atoms. The molecule has 1 aromatic heterocycles. The molecule has 0 aliphatic carbocycles. The smallest absolute Gasteiger partial charge is 0.278 e. The molecule has 0 spiro atoms. The van der Waals surface area contributed by atoms with E-state index in [1.165, 1.54) is 24.4 Å². The second-order valence-electron chi connectivity index (χ2n) is 3.19. The van der Waals surface area contributed by atoms with Crippen LogP contribution in [0.15, 0.2) is 40.0 Å². The lowest BCUT2D eigenvalue weighted by Crippen LogP contribution is -2.13. The Balaban J connectivity index is 2.36. The molecule has 2 aromatic rings. The highest BCUT2D eigenvalue weighted by atomic mass is 79.9. The van der Waals surface area contributed by atoms with Crippen molar-refractivity contribution in [2.45, 2.75) is 5.03 Å². The molecular formula is C9H8BrN3O3S. The van der Waals surface area contributed by atoms with E-state index < -0.39 is 10.0 Å². The molecule has 8 heteroatoms. The minimum Gasteiger partial charge on any atom is -0.506 e. The van der Waals surface area contributed by atoms with E-state index in [1.54, 1.807) is 6.07 Å². The zero-order chi connectivity index (χ0) is 12.5. The van der Waals surface area contributed by atoms with Crippen molar-refractivity contribution in [2.75, 3.05) is 4.72 Å². The van der Waals surface area contributed by atoms with Crippen molar-refractivity contribution in [3.05, 3.63) is 34.9 Å². The molecule has 0 fully saturated rings. The van der Waals surface area contributed by atoms with Crippen molar-refractivity contribution < 1.29 is 13.5 Å². The number of halogens is 1. The number of rotatable bonds is 3. The minimum atomic E-state index is -3.76. The fraction of sp³-hybridized carbons (Fsp3) is 0. The number of hydrogen-bond donors (Lipinski definition) is 3. The van der Waals surface area contributed by atoms with Gasteiger partial charge in [-0.25, -0.2) is 0 Å². The summed E-state index contributed by atoms with van der Waals surface area (Å²) in [6.07, 6.45) is 1.33. The van der Waals surface area contributed by atoms with E-state index >= 15 is 0 Å². The van der Waals surface area contributed by atoms with Crippen molar-refractivity contribution >= 4 is 31.6 Å². The number of aromatic nitrogens is 2. The monoisotopic (exact) mass is 317 g/mol. The number of anilines is 1. The fourth-order valence-corrected chi connectivity index (χ4v) is 2.52. The maximum absolute atomic E-state index is 11.8. The van der Waals surface area contributed by atoms with Crippen LogP contribution >= 0.6 is 15.9 Å². The molecule has 0 saturated heterocycles. The number of phenolic OH excluding ortho intramolecular Hbond substituents is 1. The molecular weight excluding hydrogens is 310 g/mol. The van der Waals surface area contributed by atoms with Gasteiger partial charge in [-0.2, -0.15) is 13.5 Å². The summed E-state index contributed by atoms with van der Waals surface area (Å²) >= 11 is 3.19. The number of nitrogens with one attached hydrogen (secondary N) is 2. The second-order valence-corrected chi connectivity index (χ2v) is 5.75. The van der Waals surface area contributed by atoms with Crippen LogP contribution in [0.2, 0.25) is 0 Å². The predicted molar refractivity (Wildman–Crippen MR) is 65.2 cm³/mol. The van der Waals surface area contributed by atoms with Crippen molar-refractivity contribution in [1.29, 1.82) is 0 Å². The molecule has 0 aliphatic rings. The minimum absolute atomic E-state index is 0.0723. The number of phenols is 1. The summed E-state index contributed by atoms with van der Waals surface area (Å²) in [5, 5.41) is 15.3. The van der Waals surface area contributed by atoms with Crippen molar-refractivity contribution in [3.63, 3.8) is 0 Å². The second kappa shape index (κ2) is 4.38. The van der Waals surface area contributed by atoms with Crippen LogP contribution in [-0.4, -0.2) is 23.7 Å². The number of aromatic hydroxyl groups is 1. The number of nitrogens with zero attached hydrogens (tertiary/aromatic N) is 1. The van der Waals surface area contributed by atoms with Gasteiger partial charge in [0.05, 0.1) is 11.9 Å². The van der Waals surface area contributed by atoms with Crippen LogP contribution in [0.25, 0.3) is 0 Å². The third kappa shape index (κ3) is 2.59. The molecule has 0 aliphatic heterocycles. The number of aromatic amines is 1. The van der Waals surface area contributed by atoms with Crippen LogP contribution in [0.1, 0.15) is 0 Å². The molecule has 0 radical (unpaired) electrons. The summed E-state index contributed by atoms with van der Waals surface area (Å²) in [7, 11) is -3.76. The van der Waals surface area contributed by atoms with Gasteiger partial charge in [0.25, 0.3) is 10.0 Å². The largest absolute Gasteiger partial charge is 0.506 e. The molecule has 0 amide bonds. The normalized spacial score (nSPS) is 11.4. The van der Waals surface area contributed by atoms with Crippen molar-refractivity contribution in [2.24, 2.45) is 0 Å². The lowest BCUT2D eigenvalue weighted by atomic mass is 10.3. The Morgan fingerprint density at radius 1 is 1.35 bits per heavy atom. The summed E-state index contributed by atoms with van der Waals surface area (Å²) in [6.45, 7) is 0. The van der Waals surface area contributed by atoms with E-state index in [4.69, 9.17) is 0 Å². The van der Waals surface area contributed by atoms with Gasteiger partial charge in [-0.1, -0.05) is 15.9 Å². The number of benzene rings is 1. The van der Waals surface area contributed by atoms with Gasteiger partial charge in [0.15, 0.2) is 5.03 Å². The highest BCUT2D eigenvalue weighted by molar-refractivity contribution is 9.10. The Hall–Kier alpha value is -1.54. The number of sulfonamides is 1. The first-order valence-corrected chi connectivity index (χ1v) is 6.77. The Labute approximate surface area is 106 Å². The van der Waals surface area contributed by atoms with E-state index in [9.17, 15) is 13.5 Å². The summed E-state index contributed by atoms with van der Waals surface area (Å²) in [4.78, 5) is 0. The maximum atomic E-state index is 11.8. The fourth-order valence-electron chi connectivity index (χ4n) is 1.18. The van der Waals surface area contributed by atoms with Crippen LogP contribution in [0, 0.1) is 0 Å². The summed E-state index contributed by atoms with van der Waals surface area (Å²) in [5.74, 6) is -0.156. The molecule has 6 nitrogen and oxygen atoms in total. The van der Waals surface area contributed by atoms with Gasteiger partial charge >= 0.3 is 0 Å². The van der Waals surface area contributed by atoms with Gasteiger partial charge in [0, 0.05) is 4.47 Å². The molecule has 17 heavy (non-hydrogen) atoms. The molecule has 90 valence electrons. The molecule has 1 heterocycles. The first-order chi connectivity index (χ1) is 7.99. The van der Waals surface area contributed by atoms with Gasteiger partial charge in [0.1, 0.15) is 5.75 Å². The Morgan fingerprint density at radius 2 is 2.12 bits per heavy atom. The zero-order valence-electron chi connectivity index (χ0n) is 8.38. The first-order valence-electron chi connectivity index (χ1n) is 4.50.